The Balaban J connectivity index is 2.14. The third-order valence-electron chi connectivity index (χ3n) is 3.19. The molecular formula is C14H12N2O6S. The predicted molar refractivity (Wildman–Crippen MR) is 83.1 cm³/mol. The highest BCUT2D eigenvalue weighted by Crippen LogP contribution is 2.39. The van der Waals surface area contributed by atoms with Crippen LogP contribution in [0.2, 0.25) is 0 Å². The van der Waals surface area contributed by atoms with Crippen LogP contribution < -0.4 is 14.2 Å². The van der Waals surface area contributed by atoms with Gasteiger partial charge >= 0.3 is 0 Å². The maximum absolute atomic E-state index is 11.5. The van der Waals surface area contributed by atoms with Crippen LogP contribution in [0.25, 0.3) is 11.1 Å². The number of hydrogen-bond donors (Lipinski definition) is 1. The SMILES string of the molecule is CS(=O)(=O)Nc1ccc([N+](=O)[O-])cc1-c1ccc2c(c1)OCO2. The highest BCUT2D eigenvalue weighted by molar-refractivity contribution is 7.92. The van der Waals surface area contributed by atoms with Crippen molar-refractivity contribution in [2.45, 2.75) is 0 Å². The van der Waals surface area contributed by atoms with E-state index in [2.05, 4.69) is 4.72 Å². The number of non-ortho nitro benzene ring substituents is 1. The molecule has 3 rings (SSSR count). The Morgan fingerprint density at radius 1 is 1.13 bits per heavy atom. The van der Waals surface area contributed by atoms with Crippen molar-refractivity contribution in [3.63, 3.8) is 0 Å². The molecule has 23 heavy (non-hydrogen) atoms. The number of nitrogens with zero attached hydrogens (tertiary/aromatic N) is 1. The summed E-state index contributed by atoms with van der Waals surface area (Å²) >= 11 is 0. The molecule has 0 amide bonds. The Morgan fingerprint density at radius 3 is 2.57 bits per heavy atom. The Bertz CT molecular complexity index is 894. The van der Waals surface area contributed by atoms with E-state index in [-0.39, 0.29) is 18.2 Å². The third kappa shape index (κ3) is 3.19. The van der Waals surface area contributed by atoms with Crippen LogP contribution in [-0.4, -0.2) is 26.4 Å². The summed E-state index contributed by atoms with van der Waals surface area (Å²) in [7, 11) is -3.53. The van der Waals surface area contributed by atoms with Gasteiger partial charge in [-0.15, -0.1) is 0 Å². The quantitative estimate of drug-likeness (QED) is 0.678. The van der Waals surface area contributed by atoms with E-state index in [0.717, 1.165) is 6.26 Å². The number of benzene rings is 2. The van der Waals surface area contributed by atoms with Gasteiger partial charge in [0.1, 0.15) is 0 Å². The van der Waals surface area contributed by atoms with Gasteiger partial charge in [-0.25, -0.2) is 8.42 Å². The number of nitrogens with one attached hydrogen (secondary N) is 1. The number of ether oxygens (including phenoxy) is 2. The Labute approximate surface area is 131 Å². The molecule has 0 fully saturated rings. The van der Waals surface area contributed by atoms with Gasteiger partial charge in [0.15, 0.2) is 11.5 Å². The molecule has 120 valence electrons. The summed E-state index contributed by atoms with van der Waals surface area (Å²) in [5.41, 5.74) is 1.06. The maximum Gasteiger partial charge on any atom is 0.270 e. The monoisotopic (exact) mass is 336 g/mol. The van der Waals surface area contributed by atoms with Gasteiger partial charge < -0.3 is 9.47 Å². The van der Waals surface area contributed by atoms with Crippen molar-refractivity contribution in [1.82, 2.24) is 0 Å². The lowest BCUT2D eigenvalue weighted by atomic mass is 10.0. The molecular weight excluding hydrogens is 324 g/mol. The fourth-order valence-electron chi connectivity index (χ4n) is 2.24. The van der Waals surface area contributed by atoms with E-state index in [0.29, 0.717) is 22.6 Å². The lowest BCUT2D eigenvalue weighted by Gasteiger charge is -2.11. The van der Waals surface area contributed by atoms with Crippen molar-refractivity contribution in [1.29, 1.82) is 0 Å². The molecule has 8 nitrogen and oxygen atoms in total. The molecule has 2 aromatic rings. The summed E-state index contributed by atoms with van der Waals surface area (Å²) in [5, 5.41) is 11.0. The van der Waals surface area contributed by atoms with Crippen molar-refractivity contribution in [3.05, 3.63) is 46.5 Å². The Kier molecular flexibility index (Phi) is 3.57. The first kappa shape index (κ1) is 15.1. The van der Waals surface area contributed by atoms with Gasteiger partial charge in [-0.3, -0.25) is 14.8 Å². The van der Waals surface area contributed by atoms with Crippen molar-refractivity contribution in [2.75, 3.05) is 17.8 Å². The van der Waals surface area contributed by atoms with Crippen LogP contribution in [0.5, 0.6) is 11.5 Å². The van der Waals surface area contributed by atoms with Crippen LogP contribution >= 0.6 is 0 Å². The lowest BCUT2D eigenvalue weighted by Crippen LogP contribution is -2.10. The number of hydrogen-bond acceptors (Lipinski definition) is 6. The summed E-state index contributed by atoms with van der Waals surface area (Å²) < 4.78 is 35.9. The second kappa shape index (κ2) is 5.43. The van der Waals surface area contributed by atoms with Gasteiger partial charge in [0, 0.05) is 17.7 Å². The number of fused-ring (bicyclic) bond motifs is 1. The fraction of sp³-hybridized carbons (Fsp3) is 0.143. The molecule has 1 aliphatic heterocycles. The zero-order chi connectivity index (χ0) is 16.6. The van der Waals surface area contributed by atoms with E-state index in [1.165, 1.54) is 18.2 Å². The van der Waals surface area contributed by atoms with E-state index in [4.69, 9.17) is 9.47 Å². The molecule has 1 aliphatic rings. The minimum atomic E-state index is -3.53. The first-order valence-corrected chi connectivity index (χ1v) is 8.39. The number of anilines is 1. The van der Waals surface area contributed by atoms with Crippen LogP contribution in [0.15, 0.2) is 36.4 Å². The first-order valence-electron chi connectivity index (χ1n) is 6.50. The number of sulfonamides is 1. The minimum absolute atomic E-state index is 0.0994. The summed E-state index contributed by atoms with van der Waals surface area (Å²) in [4.78, 5) is 10.4. The lowest BCUT2D eigenvalue weighted by molar-refractivity contribution is -0.384. The largest absolute Gasteiger partial charge is 0.454 e. The molecule has 0 bridgehead atoms. The molecule has 0 saturated carbocycles. The van der Waals surface area contributed by atoms with Crippen molar-refractivity contribution >= 4 is 21.4 Å². The average molecular weight is 336 g/mol. The zero-order valence-electron chi connectivity index (χ0n) is 12.0. The zero-order valence-corrected chi connectivity index (χ0v) is 12.8. The van der Waals surface area contributed by atoms with Crippen LogP contribution in [0.3, 0.4) is 0 Å². The second-order valence-electron chi connectivity index (χ2n) is 4.93. The number of nitro benzene ring substituents is 1. The fourth-order valence-corrected chi connectivity index (χ4v) is 2.81. The van der Waals surface area contributed by atoms with Gasteiger partial charge in [-0.1, -0.05) is 6.07 Å². The molecule has 0 aliphatic carbocycles. The van der Waals surface area contributed by atoms with Crippen molar-refractivity contribution in [2.24, 2.45) is 0 Å². The summed E-state index contributed by atoms with van der Waals surface area (Å²) in [6.45, 7) is 0.0994. The topological polar surface area (TPSA) is 108 Å². The van der Waals surface area contributed by atoms with E-state index in [1.807, 2.05) is 0 Å². The Hall–Kier alpha value is -2.81. The van der Waals surface area contributed by atoms with Crippen LogP contribution in [0.1, 0.15) is 0 Å². The van der Waals surface area contributed by atoms with Crippen molar-refractivity contribution in [3.8, 4) is 22.6 Å². The Morgan fingerprint density at radius 2 is 1.87 bits per heavy atom. The number of nitro groups is 1. The molecule has 1 N–H and O–H groups in total. The van der Waals surface area contributed by atoms with E-state index in [9.17, 15) is 18.5 Å². The van der Waals surface area contributed by atoms with Crippen LogP contribution in [-0.2, 0) is 10.0 Å². The smallest absolute Gasteiger partial charge is 0.270 e. The van der Waals surface area contributed by atoms with Gasteiger partial charge in [-0.05, 0) is 23.8 Å². The molecule has 0 unspecified atom stereocenters. The van der Waals surface area contributed by atoms with E-state index in [1.54, 1.807) is 18.2 Å². The van der Waals surface area contributed by atoms with Gasteiger partial charge in [0.05, 0.1) is 16.9 Å². The molecule has 0 atom stereocenters. The molecule has 0 aromatic heterocycles. The van der Waals surface area contributed by atoms with E-state index >= 15 is 0 Å². The predicted octanol–water partition coefficient (Wildman–Crippen LogP) is 2.36. The van der Waals surface area contributed by atoms with Crippen LogP contribution in [0, 0.1) is 10.1 Å². The van der Waals surface area contributed by atoms with Gasteiger partial charge in [0.2, 0.25) is 16.8 Å². The van der Waals surface area contributed by atoms with Gasteiger partial charge in [-0.2, -0.15) is 0 Å². The molecule has 1 heterocycles. The first-order chi connectivity index (χ1) is 10.8. The molecule has 2 aromatic carbocycles. The average Bonchev–Trinajstić information content (AvgIpc) is 2.93. The molecule has 0 saturated heterocycles. The summed E-state index contributed by atoms with van der Waals surface area (Å²) in [6.07, 6.45) is 1.01. The molecule has 9 heteroatoms. The normalized spacial score (nSPS) is 12.9. The minimum Gasteiger partial charge on any atom is -0.454 e. The van der Waals surface area contributed by atoms with Crippen molar-refractivity contribution < 1.29 is 22.8 Å². The summed E-state index contributed by atoms with van der Waals surface area (Å²) in [6, 6.07) is 8.91. The standard InChI is InChI=1S/C14H12N2O6S/c1-23(19,20)15-12-4-3-10(16(17)18)7-11(12)9-2-5-13-14(6-9)22-8-21-13/h2-7,15H,8H2,1H3. The third-order valence-corrected chi connectivity index (χ3v) is 3.78. The van der Waals surface area contributed by atoms with Gasteiger partial charge in [0.25, 0.3) is 5.69 Å². The highest BCUT2D eigenvalue weighted by Gasteiger charge is 2.18. The molecule has 0 radical (unpaired) electrons. The van der Waals surface area contributed by atoms with Crippen LogP contribution in [0.4, 0.5) is 11.4 Å². The summed E-state index contributed by atoms with van der Waals surface area (Å²) in [5.74, 6) is 1.07. The molecule has 0 spiro atoms. The number of rotatable bonds is 4. The maximum atomic E-state index is 11.5. The second-order valence-corrected chi connectivity index (χ2v) is 6.68. The van der Waals surface area contributed by atoms with E-state index < -0.39 is 14.9 Å². The highest BCUT2D eigenvalue weighted by atomic mass is 32.2.